The molecule has 2 aliphatic heterocycles. The third-order valence-electron chi connectivity index (χ3n) is 4.71. The molecule has 0 aliphatic carbocycles. The molecule has 0 aromatic carbocycles. The zero-order valence-electron chi connectivity index (χ0n) is 12.5. The second kappa shape index (κ2) is 6.31. The molecule has 0 spiro atoms. The van der Waals surface area contributed by atoms with Crippen LogP contribution in [0.15, 0.2) is 12.1 Å². The van der Waals surface area contributed by atoms with E-state index >= 15 is 0 Å². The first kappa shape index (κ1) is 14.2. The van der Waals surface area contributed by atoms with Crippen LogP contribution in [0.3, 0.4) is 0 Å². The first-order valence-corrected chi connectivity index (χ1v) is 7.93. The third-order valence-corrected chi connectivity index (χ3v) is 4.71. The fourth-order valence-electron chi connectivity index (χ4n) is 3.47. The molecular weight excluding hydrogens is 262 g/mol. The van der Waals surface area contributed by atoms with Gasteiger partial charge in [0.2, 0.25) is 0 Å². The summed E-state index contributed by atoms with van der Waals surface area (Å²) in [6, 6.07) is 6.51. The molecule has 21 heavy (non-hydrogen) atoms. The molecule has 5 nitrogen and oxygen atoms in total. The molecule has 1 aromatic heterocycles. The molecular formula is C16H23N5. The normalized spacial score (nSPS) is 21.2. The highest BCUT2D eigenvalue weighted by atomic mass is 15.2. The van der Waals surface area contributed by atoms with Gasteiger partial charge in [-0.2, -0.15) is 5.26 Å². The summed E-state index contributed by atoms with van der Waals surface area (Å²) in [4.78, 5) is 9.32. The van der Waals surface area contributed by atoms with Gasteiger partial charge in [0.15, 0.2) is 5.69 Å². The van der Waals surface area contributed by atoms with E-state index in [0.29, 0.717) is 11.4 Å². The molecule has 0 amide bonds. The molecule has 1 aromatic rings. The van der Waals surface area contributed by atoms with Crippen LogP contribution in [0.25, 0.3) is 0 Å². The highest BCUT2D eigenvalue weighted by molar-refractivity contribution is 5.55. The molecule has 0 bridgehead atoms. The van der Waals surface area contributed by atoms with Crippen LogP contribution in [0.5, 0.6) is 0 Å². The van der Waals surface area contributed by atoms with Crippen LogP contribution in [0.4, 0.5) is 11.5 Å². The van der Waals surface area contributed by atoms with Crippen molar-refractivity contribution in [1.29, 1.82) is 5.26 Å². The lowest BCUT2D eigenvalue weighted by Gasteiger charge is -2.40. The number of nitriles is 1. The smallest absolute Gasteiger partial charge is 0.165 e. The number of nitrogen functional groups attached to an aromatic ring is 1. The third kappa shape index (κ3) is 3.11. The Morgan fingerprint density at radius 2 is 1.81 bits per heavy atom. The average Bonchev–Trinajstić information content (AvgIpc) is 2.56. The van der Waals surface area contributed by atoms with Crippen molar-refractivity contribution in [2.45, 2.75) is 38.1 Å². The first-order valence-electron chi connectivity index (χ1n) is 7.93. The standard InChI is InChI=1S/C16H23N5/c17-12-15-14(18)4-5-16(19-15)21-10-6-13(7-11-21)20-8-2-1-3-9-20/h4-5,13H,1-3,6-11,18H2. The van der Waals surface area contributed by atoms with E-state index < -0.39 is 0 Å². The van der Waals surface area contributed by atoms with Gasteiger partial charge >= 0.3 is 0 Å². The summed E-state index contributed by atoms with van der Waals surface area (Å²) in [5.74, 6) is 0.887. The van der Waals surface area contributed by atoms with Crippen molar-refractivity contribution in [1.82, 2.24) is 9.88 Å². The second-order valence-corrected chi connectivity index (χ2v) is 6.03. The number of rotatable bonds is 2. The minimum Gasteiger partial charge on any atom is -0.396 e. The SMILES string of the molecule is N#Cc1nc(N2CCC(N3CCCCC3)CC2)ccc1N. The van der Waals surface area contributed by atoms with Crippen LogP contribution < -0.4 is 10.6 Å². The summed E-state index contributed by atoms with van der Waals surface area (Å²) < 4.78 is 0. The minimum absolute atomic E-state index is 0.339. The largest absolute Gasteiger partial charge is 0.396 e. The van der Waals surface area contributed by atoms with Crippen molar-refractivity contribution in [3.63, 3.8) is 0 Å². The summed E-state index contributed by atoms with van der Waals surface area (Å²) in [6.07, 6.45) is 6.47. The minimum atomic E-state index is 0.339. The molecule has 2 N–H and O–H groups in total. The lowest BCUT2D eigenvalue weighted by Crippen LogP contribution is -2.47. The zero-order chi connectivity index (χ0) is 14.7. The van der Waals surface area contributed by atoms with Crippen molar-refractivity contribution in [3.8, 4) is 6.07 Å². The van der Waals surface area contributed by atoms with Crippen molar-refractivity contribution in [2.75, 3.05) is 36.8 Å². The average molecular weight is 285 g/mol. The molecule has 2 fully saturated rings. The van der Waals surface area contributed by atoms with Gasteiger partial charge in [-0.15, -0.1) is 0 Å². The number of hydrogen-bond acceptors (Lipinski definition) is 5. The summed E-state index contributed by atoms with van der Waals surface area (Å²) in [5.41, 5.74) is 6.54. The van der Waals surface area contributed by atoms with Gasteiger partial charge in [0.1, 0.15) is 11.9 Å². The van der Waals surface area contributed by atoms with E-state index in [1.807, 2.05) is 6.07 Å². The van der Waals surface area contributed by atoms with E-state index in [1.54, 1.807) is 6.07 Å². The summed E-state index contributed by atoms with van der Waals surface area (Å²) in [7, 11) is 0. The Bertz CT molecular complexity index is 522. The van der Waals surface area contributed by atoms with Crippen LogP contribution in [-0.2, 0) is 0 Å². The highest BCUT2D eigenvalue weighted by Gasteiger charge is 2.26. The van der Waals surface area contributed by atoms with Gasteiger partial charge in [0, 0.05) is 19.1 Å². The Kier molecular flexibility index (Phi) is 4.26. The Hall–Kier alpha value is -1.80. The molecule has 0 radical (unpaired) electrons. The van der Waals surface area contributed by atoms with Gasteiger partial charge < -0.3 is 15.5 Å². The first-order chi connectivity index (χ1) is 10.3. The topological polar surface area (TPSA) is 69.2 Å². The van der Waals surface area contributed by atoms with E-state index in [0.717, 1.165) is 24.9 Å². The number of hydrogen-bond donors (Lipinski definition) is 1. The van der Waals surface area contributed by atoms with Gasteiger partial charge in [-0.1, -0.05) is 6.42 Å². The highest BCUT2D eigenvalue weighted by Crippen LogP contribution is 2.24. The van der Waals surface area contributed by atoms with Crippen molar-refractivity contribution in [3.05, 3.63) is 17.8 Å². The fourth-order valence-corrected chi connectivity index (χ4v) is 3.47. The summed E-state index contributed by atoms with van der Waals surface area (Å²) in [5, 5.41) is 9.04. The molecule has 2 saturated heterocycles. The number of anilines is 2. The van der Waals surface area contributed by atoms with Gasteiger partial charge in [0.25, 0.3) is 0 Å². The van der Waals surface area contributed by atoms with Crippen molar-refractivity contribution >= 4 is 11.5 Å². The maximum atomic E-state index is 9.04. The number of likely N-dealkylation sites (tertiary alicyclic amines) is 1. The fraction of sp³-hybridized carbons (Fsp3) is 0.625. The Morgan fingerprint density at radius 3 is 2.48 bits per heavy atom. The predicted molar refractivity (Wildman–Crippen MR) is 84.0 cm³/mol. The van der Waals surface area contributed by atoms with Crippen LogP contribution in [0.2, 0.25) is 0 Å². The maximum Gasteiger partial charge on any atom is 0.165 e. The van der Waals surface area contributed by atoms with Gasteiger partial charge in [-0.05, 0) is 50.9 Å². The zero-order valence-corrected chi connectivity index (χ0v) is 12.5. The van der Waals surface area contributed by atoms with E-state index in [4.69, 9.17) is 11.0 Å². The lowest BCUT2D eigenvalue weighted by molar-refractivity contribution is 0.141. The van der Waals surface area contributed by atoms with Crippen molar-refractivity contribution in [2.24, 2.45) is 0 Å². The second-order valence-electron chi connectivity index (χ2n) is 6.03. The summed E-state index contributed by atoms with van der Waals surface area (Å²) in [6.45, 7) is 4.57. The Balaban J connectivity index is 1.61. The van der Waals surface area contributed by atoms with E-state index in [9.17, 15) is 0 Å². The number of piperidine rings is 2. The van der Waals surface area contributed by atoms with Crippen LogP contribution in [-0.4, -0.2) is 42.1 Å². The number of nitrogens with zero attached hydrogens (tertiary/aromatic N) is 4. The van der Waals surface area contributed by atoms with E-state index in [2.05, 4.69) is 20.9 Å². The molecule has 5 heteroatoms. The molecule has 0 saturated carbocycles. The quantitative estimate of drug-likeness (QED) is 0.900. The van der Waals surface area contributed by atoms with Gasteiger partial charge in [-0.25, -0.2) is 4.98 Å². The lowest BCUT2D eigenvalue weighted by atomic mass is 10.00. The molecule has 3 heterocycles. The van der Waals surface area contributed by atoms with E-state index in [-0.39, 0.29) is 0 Å². The van der Waals surface area contributed by atoms with Gasteiger partial charge in [0.05, 0.1) is 5.69 Å². The van der Waals surface area contributed by atoms with Crippen LogP contribution in [0, 0.1) is 11.3 Å². The molecule has 2 aliphatic rings. The van der Waals surface area contributed by atoms with Crippen LogP contribution >= 0.6 is 0 Å². The molecule has 0 unspecified atom stereocenters. The Morgan fingerprint density at radius 1 is 1.10 bits per heavy atom. The molecule has 112 valence electrons. The summed E-state index contributed by atoms with van der Waals surface area (Å²) >= 11 is 0. The van der Waals surface area contributed by atoms with E-state index in [1.165, 1.54) is 45.2 Å². The molecule has 0 atom stereocenters. The van der Waals surface area contributed by atoms with Crippen LogP contribution in [0.1, 0.15) is 37.8 Å². The monoisotopic (exact) mass is 285 g/mol. The van der Waals surface area contributed by atoms with Crippen molar-refractivity contribution < 1.29 is 0 Å². The molecule has 3 rings (SSSR count). The predicted octanol–water partition coefficient (Wildman–Crippen LogP) is 1.99. The number of aromatic nitrogens is 1. The maximum absolute atomic E-state index is 9.04. The van der Waals surface area contributed by atoms with Gasteiger partial charge in [-0.3, -0.25) is 0 Å². The number of nitrogens with two attached hydrogens (primary N) is 1. The number of pyridine rings is 1. The Labute approximate surface area is 126 Å².